The molecule has 9 atom stereocenters. The maximum absolute atomic E-state index is 13.1. The van der Waals surface area contributed by atoms with Crippen LogP contribution in [-0.2, 0) is 14.3 Å². The van der Waals surface area contributed by atoms with Gasteiger partial charge in [0.05, 0.1) is 25.4 Å². The van der Waals surface area contributed by atoms with Crippen LogP contribution in [0.5, 0.6) is 0 Å². The van der Waals surface area contributed by atoms with E-state index in [0.717, 1.165) is 44.9 Å². The summed E-state index contributed by atoms with van der Waals surface area (Å²) in [6, 6.07) is -1.17. The average Bonchev–Trinajstić information content (AvgIpc) is 3.29. The summed E-state index contributed by atoms with van der Waals surface area (Å²) >= 11 is 0. The van der Waals surface area contributed by atoms with Gasteiger partial charge in [0.15, 0.2) is 6.29 Å². The number of aliphatic hydroxyl groups excluding tert-OH is 7. The summed E-state index contributed by atoms with van der Waals surface area (Å²) in [5.74, 6) is -0.699. The highest BCUT2D eigenvalue weighted by molar-refractivity contribution is 5.80. The fourth-order valence-electron chi connectivity index (χ4n) is 8.61. The number of allylic oxidation sites excluding steroid dienone is 4. The molecule has 0 aromatic heterocycles. The molecule has 11 heteroatoms. The zero-order valence-electron chi connectivity index (χ0n) is 41.0. The Balaban J connectivity index is 2.37. The fraction of sp³-hybridized carbons (Fsp3) is 0.906. The monoisotopic (exact) mass is 912 g/mol. The molecule has 8 N–H and O–H groups in total. The highest BCUT2D eigenvalue weighted by Crippen LogP contribution is 2.23. The zero-order chi connectivity index (χ0) is 46.9. The third kappa shape index (κ3) is 31.5. The molecule has 1 aliphatic heterocycles. The molecule has 1 amide bonds. The molecule has 1 heterocycles. The van der Waals surface area contributed by atoms with Crippen molar-refractivity contribution in [1.29, 1.82) is 0 Å². The third-order valence-electron chi connectivity index (χ3n) is 13.0. The number of rotatable bonds is 45. The maximum atomic E-state index is 13.1. The first kappa shape index (κ1) is 60.6. The molecule has 9 unspecified atom stereocenters. The summed E-state index contributed by atoms with van der Waals surface area (Å²) in [7, 11) is 0. The topological polar surface area (TPSA) is 189 Å². The van der Waals surface area contributed by atoms with Crippen LogP contribution in [0.1, 0.15) is 239 Å². The number of unbranched alkanes of at least 4 members (excludes halogenated alkanes) is 30. The number of ether oxygens (including phenoxy) is 2. The van der Waals surface area contributed by atoms with Crippen LogP contribution < -0.4 is 5.32 Å². The standard InChI is InChI=1S/C53H101NO10/c1-3-5-7-9-11-13-15-17-19-21-23-25-26-28-30-32-34-36-38-40-45(56)48(58)44(43-63-53-51(61)50(60)49(59)47(42-55)64-53)54-52(62)46(57)41-39-37-35-33-31-29-27-24-22-20-18-16-14-12-10-8-6-4-2/h12,14,16,18,44-51,53,55-61H,3-11,13,15,17,19-43H2,1-2H3,(H,54,62)/b14-12-,18-16-. The zero-order valence-corrected chi connectivity index (χ0v) is 41.0. The van der Waals surface area contributed by atoms with Crippen LogP contribution in [0.3, 0.4) is 0 Å². The quantitative estimate of drug-likeness (QED) is 0.0216. The first-order valence-corrected chi connectivity index (χ1v) is 26.8. The van der Waals surface area contributed by atoms with Gasteiger partial charge in [0, 0.05) is 0 Å². The minimum absolute atomic E-state index is 0.256. The number of carbonyl (C=O) groups is 1. The lowest BCUT2D eigenvalue weighted by Crippen LogP contribution is -2.60. The lowest BCUT2D eigenvalue weighted by Gasteiger charge is -2.40. The second kappa shape index (κ2) is 42.9. The van der Waals surface area contributed by atoms with Crippen molar-refractivity contribution in [2.24, 2.45) is 0 Å². The Morgan fingerprint density at radius 3 is 1.39 bits per heavy atom. The lowest BCUT2D eigenvalue weighted by atomic mass is 9.98. The van der Waals surface area contributed by atoms with E-state index in [1.807, 2.05) is 0 Å². The van der Waals surface area contributed by atoms with Crippen molar-refractivity contribution in [3.05, 3.63) is 24.3 Å². The maximum Gasteiger partial charge on any atom is 0.249 e. The molecule has 11 nitrogen and oxygen atoms in total. The van der Waals surface area contributed by atoms with Crippen LogP contribution in [-0.4, -0.2) is 110 Å². The Morgan fingerprint density at radius 1 is 0.547 bits per heavy atom. The van der Waals surface area contributed by atoms with Crippen molar-refractivity contribution in [1.82, 2.24) is 5.32 Å². The first-order chi connectivity index (χ1) is 31.2. The minimum Gasteiger partial charge on any atom is -0.394 e. The Hall–Kier alpha value is -1.41. The van der Waals surface area contributed by atoms with E-state index in [2.05, 4.69) is 43.5 Å². The summed E-state index contributed by atoms with van der Waals surface area (Å²) in [4.78, 5) is 13.1. The fourth-order valence-corrected chi connectivity index (χ4v) is 8.61. The van der Waals surface area contributed by atoms with Gasteiger partial charge in [0.2, 0.25) is 5.91 Å². The van der Waals surface area contributed by atoms with E-state index in [0.29, 0.717) is 19.3 Å². The number of carbonyl (C=O) groups excluding carboxylic acids is 1. The number of nitrogens with one attached hydrogen (secondary N) is 1. The number of amides is 1. The van der Waals surface area contributed by atoms with Crippen LogP contribution in [0.4, 0.5) is 0 Å². The molecule has 0 spiro atoms. The SMILES string of the molecule is CCCCC/C=C\C=C/CCCCCCCCCCCC(O)C(=O)NC(COC1OC(CO)C(O)C(O)C1O)C(O)C(O)CCCCCCCCCCCCCCCCCCCCC. The molecule has 378 valence electrons. The van der Waals surface area contributed by atoms with Crippen LogP contribution in [0.25, 0.3) is 0 Å². The number of hydrogen-bond acceptors (Lipinski definition) is 10. The molecule has 1 saturated heterocycles. The van der Waals surface area contributed by atoms with Crippen molar-refractivity contribution in [3.8, 4) is 0 Å². The van der Waals surface area contributed by atoms with Crippen LogP contribution in [0.15, 0.2) is 24.3 Å². The second-order valence-electron chi connectivity index (χ2n) is 19.0. The highest BCUT2D eigenvalue weighted by atomic mass is 16.7. The van der Waals surface area contributed by atoms with Gasteiger partial charge in [0.1, 0.15) is 36.6 Å². The molecule has 1 fully saturated rings. The van der Waals surface area contributed by atoms with E-state index in [-0.39, 0.29) is 6.42 Å². The van der Waals surface area contributed by atoms with Crippen LogP contribution >= 0.6 is 0 Å². The molecule has 1 rings (SSSR count). The molecule has 64 heavy (non-hydrogen) atoms. The average molecular weight is 912 g/mol. The van der Waals surface area contributed by atoms with Gasteiger partial charge >= 0.3 is 0 Å². The molecule has 0 bridgehead atoms. The molecule has 0 radical (unpaired) electrons. The van der Waals surface area contributed by atoms with Gasteiger partial charge in [0.25, 0.3) is 0 Å². The van der Waals surface area contributed by atoms with Gasteiger partial charge < -0.3 is 50.5 Å². The minimum atomic E-state index is -1.66. The normalized spacial score (nSPS) is 21.2. The summed E-state index contributed by atoms with van der Waals surface area (Å²) in [6.07, 6.45) is 37.8. The van der Waals surface area contributed by atoms with E-state index < -0.39 is 74.2 Å². The largest absolute Gasteiger partial charge is 0.394 e. The van der Waals surface area contributed by atoms with E-state index in [1.54, 1.807) is 0 Å². The van der Waals surface area contributed by atoms with E-state index >= 15 is 0 Å². The Kier molecular flexibility index (Phi) is 40.6. The molecule has 0 aliphatic carbocycles. The van der Waals surface area contributed by atoms with Crippen molar-refractivity contribution in [2.75, 3.05) is 13.2 Å². The lowest BCUT2D eigenvalue weighted by molar-refractivity contribution is -0.303. The Morgan fingerprint density at radius 2 is 0.938 bits per heavy atom. The van der Waals surface area contributed by atoms with Crippen molar-refractivity contribution in [2.45, 2.75) is 294 Å². The van der Waals surface area contributed by atoms with E-state index in [1.165, 1.54) is 154 Å². The second-order valence-corrected chi connectivity index (χ2v) is 19.0. The van der Waals surface area contributed by atoms with Crippen molar-refractivity contribution < 1.29 is 50.0 Å². The third-order valence-corrected chi connectivity index (χ3v) is 13.0. The smallest absolute Gasteiger partial charge is 0.249 e. The van der Waals surface area contributed by atoms with Crippen molar-refractivity contribution in [3.63, 3.8) is 0 Å². The predicted molar refractivity (Wildman–Crippen MR) is 261 cm³/mol. The molecule has 0 aromatic rings. The van der Waals surface area contributed by atoms with Gasteiger partial charge in [-0.15, -0.1) is 0 Å². The van der Waals surface area contributed by atoms with E-state index in [4.69, 9.17) is 9.47 Å². The number of hydrogen-bond donors (Lipinski definition) is 8. The molecule has 1 aliphatic rings. The summed E-state index contributed by atoms with van der Waals surface area (Å²) in [5, 5.41) is 76.0. The molecule has 0 saturated carbocycles. The molecule has 0 aromatic carbocycles. The predicted octanol–water partition coefficient (Wildman–Crippen LogP) is 10.2. The molecular weight excluding hydrogens is 811 g/mol. The summed E-state index contributed by atoms with van der Waals surface area (Å²) in [6.45, 7) is 3.44. The van der Waals surface area contributed by atoms with Gasteiger partial charge in [-0.25, -0.2) is 0 Å². The van der Waals surface area contributed by atoms with Gasteiger partial charge in [-0.05, 0) is 38.5 Å². The summed E-state index contributed by atoms with van der Waals surface area (Å²) in [5.41, 5.74) is 0. The first-order valence-electron chi connectivity index (χ1n) is 26.8. The Bertz CT molecular complexity index is 1090. The van der Waals surface area contributed by atoms with Crippen LogP contribution in [0, 0.1) is 0 Å². The Labute approximate surface area is 391 Å². The van der Waals surface area contributed by atoms with Gasteiger partial charge in [-0.3, -0.25) is 4.79 Å². The van der Waals surface area contributed by atoms with Crippen molar-refractivity contribution >= 4 is 5.91 Å². The van der Waals surface area contributed by atoms with Gasteiger partial charge in [-0.1, -0.05) is 224 Å². The number of aliphatic hydroxyl groups is 7. The summed E-state index contributed by atoms with van der Waals surface area (Å²) < 4.78 is 11.1. The highest BCUT2D eigenvalue weighted by Gasteiger charge is 2.44. The van der Waals surface area contributed by atoms with Crippen LogP contribution in [0.2, 0.25) is 0 Å². The van der Waals surface area contributed by atoms with Gasteiger partial charge in [-0.2, -0.15) is 0 Å². The van der Waals surface area contributed by atoms with E-state index in [9.17, 15) is 40.5 Å². The molecular formula is C53H101NO10.